The Morgan fingerprint density at radius 1 is 1.25 bits per heavy atom. The van der Waals surface area contributed by atoms with Gasteiger partial charge >= 0.3 is 5.97 Å². The number of carbonyl (C=O) groups excluding carboxylic acids is 2. The van der Waals surface area contributed by atoms with Crippen molar-refractivity contribution >= 4 is 28.7 Å². The summed E-state index contributed by atoms with van der Waals surface area (Å²) >= 11 is 0. The maximum absolute atomic E-state index is 13.0. The molecule has 0 unspecified atom stereocenters. The van der Waals surface area contributed by atoms with E-state index in [4.69, 9.17) is 9.26 Å². The lowest BCUT2D eigenvalue weighted by molar-refractivity contribution is -0.119. The number of rotatable bonds is 6. The molecule has 0 aliphatic carbocycles. The number of aryl methyl sites for hydroxylation is 1. The lowest BCUT2D eigenvalue weighted by Gasteiger charge is -2.17. The van der Waals surface area contributed by atoms with E-state index in [0.29, 0.717) is 12.1 Å². The molecule has 9 nitrogen and oxygen atoms in total. The highest BCUT2D eigenvalue weighted by Crippen LogP contribution is 2.18. The van der Waals surface area contributed by atoms with E-state index in [9.17, 15) is 14.4 Å². The summed E-state index contributed by atoms with van der Waals surface area (Å²) in [6.07, 6.45) is 1.55. The number of esters is 1. The highest BCUT2D eigenvalue weighted by molar-refractivity contribution is 6.00. The van der Waals surface area contributed by atoms with E-state index in [1.165, 1.54) is 10.9 Å². The van der Waals surface area contributed by atoms with Crippen LogP contribution in [0, 0.1) is 6.92 Å². The third kappa shape index (κ3) is 3.64. The third-order valence-electron chi connectivity index (χ3n) is 4.23. The number of ether oxygens (including phenoxy) is 1. The van der Waals surface area contributed by atoms with E-state index >= 15 is 0 Å². The van der Waals surface area contributed by atoms with Crippen LogP contribution in [0.3, 0.4) is 0 Å². The highest BCUT2D eigenvalue weighted by Gasteiger charge is 2.26. The molecule has 3 rings (SSSR count). The van der Waals surface area contributed by atoms with Crippen LogP contribution in [0.25, 0.3) is 11.1 Å². The van der Waals surface area contributed by atoms with Gasteiger partial charge < -0.3 is 14.6 Å². The average molecular weight is 384 g/mol. The van der Waals surface area contributed by atoms with E-state index in [0.717, 1.165) is 5.56 Å². The lowest BCUT2D eigenvalue weighted by atomic mass is 10.1. The number of nitrogens with one attached hydrogen (secondary N) is 1. The van der Waals surface area contributed by atoms with Crippen molar-refractivity contribution in [1.82, 2.24) is 14.7 Å². The van der Waals surface area contributed by atoms with Gasteiger partial charge in [0, 0.05) is 5.69 Å². The van der Waals surface area contributed by atoms with E-state index in [1.54, 1.807) is 26.0 Å². The lowest BCUT2D eigenvalue weighted by Crippen LogP contribution is -2.33. The van der Waals surface area contributed by atoms with Crippen LogP contribution < -0.4 is 10.9 Å². The Labute approximate surface area is 160 Å². The maximum Gasteiger partial charge on any atom is 0.361 e. The number of benzene rings is 1. The Morgan fingerprint density at radius 2 is 1.96 bits per heavy atom. The smallest absolute Gasteiger partial charge is 0.361 e. The number of hydrogen-bond donors (Lipinski definition) is 1. The van der Waals surface area contributed by atoms with Crippen LogP contribution in [0.15, 0.2) is 39.9 Å². The summed E-state index contributed by atoms with van der Waals surface area (Å²) in [7, 11) is 0. The second kappa shape index (κ2) is 8.03. The molecule has 0 saturated heterocycles. The van der Waals surface area contributed by atoms with Crippen molar-refractivity contribution in [2.45, 2.75) is 33.2 Å². The Hall–Kier alpha value is -3.49. The monoisotopic (exact) mass is 384 g/mol. The van der Waals surface area contributed by atoms with Gasteiger partial charge in [0.25, 0.3) is 11.3 Å². The summed E-state index contributed by atoms with van der Waals surface area (Å²) in [6.45, 7) is 5.48. The van der Waals surface area contributed by atoms with Gasteiger partial charge in [0.15, 0.2) is 0 Å². The van der Waals surface area contributed by atoms with Crippen LogP contribution in [-0.4, -0.2) is 33.2 Å². The molecule has 9 heteroatoms. The van der Waals surface area contributed by atoms with Gasteiger partial charge in [-0.05, 0) is 32.4 Å². The summed E-state index contributed by atoms with van der Waals surface area (Å²) < 4.78 is 11.0. The Bertz CT molecular complexity index is 1070. The van der Waals surface area contributed by atoms with Crippen molar-refractivity contribution in [3.8, 4) is 0 Å². The summed E-state index contributed by atoms with van der Waals surface area (Å²) in [6, 6.07) is 6.49. The molecule has 0 spiro atoms. The van der Waals surface area contributed by atoms with E-state index in [2.05, 4.69) is 15.5 Å². The molecule has 28 heavy (non-hydrogen) atoms. The van der Waals surface area contributed by atoms with E-state index in [-0.39, 0.29) is 29.3 Å². The van der Waals surface area contributed by atoms with Gasteiger partial charge in [0.05, 0.1) is 6.61 Å². The zero-order valence-corrected chi connectivity index (χ0v) is 15.8. The maximum atomic E-state index is 13.0. The first-order valence-electron chi connectivity index (χ1n) is 8.87. The predicted octanol–water partition coefficient (Wildman–Crippen LogP) is 2.46. The number of aromatic nitrogens is 3. The van der Waals surface area contributed by atoms with Crippen LogP contribution in [0.5, 0.6) is 0 Å². The number of carbonyl (C=O) groups is 2. The molecule has 0 bridgehead atoms. The zero-order valence-electron chi connectivity index (χ0n) is 15.8. The zero-order chi connectivity index (χ0) is 20.3. The first-order chi connectivity index (χ1) is 13.5. The standard InChI is InChI=1S/C19H20N4O5/c1-4-13(16(24)21-12-8-6-11(3)7-9-12)23-10-20-17-14(18(23)25)15(22-28-17)19(26)27-5-2/h6-10,13H,4-5H2,1-3H3,(H,21,24)/t13-/m1/s1. The number of hydrogen-bond acceptors (Lipinski definition) is 7. The van der Waals surface area contributed by atoms with Gasteiger partial charge in [-0.2, -0.15) is 0 Å². The molecule has 0 aliphatic rings. The molecular formula is C19H20N4O5. The second-order valence-corrected chi connectivity index (χ2v) is 6.17. The first-order valence-corrected chi connectivity index (χ1v) is 8.87. The van der Waals surface area contributed by atoms with Crippen LogP contribution in [0.1, 0.15) is 42.4 Å². The molecule has 0 saturated carbocycles. The van der Waals surface area contributed by atoms with E-state index < -0.39 is 17.6 Å². The van der Waals surface area contributed by atoms with Crippen molar-refractivity contribution in [2.75, 3.05) is 11.9 Å². The van der Waals surface area contributed by atoms with Crippen molar-refractivity contribution < 1.29 is 18.8 Å². The number of nitrogens with zero attached hydrogens (tertiary/aromatic N) is 3. The largest absolute Gasteiger partial charge is 0.461 e. The SMILES string of the molecule is CCOC(=O)c1noc2ncn([C@H](CC)C(=O)Nc3ccc(C)cc3)c(=O)c12. The van der Waals surface area contributed by atoms with Crippen molar-refractivity contribution in [3.05, 3.63) is 52.2 Å². The molecule has 1 aromatic carbocycles. The Kier molecular flexibility index (Phi) is 5.53. The fraction of sp³-hybridized carbons (Fsp3) is 0.316. The first kappa shape index (κ1) is 19.3. The molecule has 1 atom stereocenters. The van der Waals surface area contributed by atoms with Gasteiger partial charge in [-0.1, -0.05) is 29.8 Å². The van der Waals surface area contributed by atoms with Crippen LogP contribution in [0.2, 0.25) is 0 Å². The molecule has 146 valence electrons. The molecule has 3 aromatic rings. The summed E-state index contributed by atoms with van der Waals surface area (Å²) in [5.41, 5.74) is 0.749. The summed E-state index contributed by atoms with van der Waals surface area (Å²) in [5, 5.41) is 6.28. The fourth-order valence-corrected chi connectivity index (χ4v) is 2.79. The van der Waals surface area contributed by atoms with Gasteiger partial charge in [-0.3, -0.25) is 14.2 Å². The van der Waals surface area contributed by atoms with Gasteiger partial charge in [-0.15, -0.1) is 0 Å². The third-order valence-corrected chi connectivity index (χ3v) is 4.23. The highest BCUT2D eigenvalue weighted by atomic mass is 16.5. The van der Waals surface area contributed by atoms with Crippen molar-refractivity contribution in [1.29, 1.82) is 0 Å². The molecule has 2 heterocycles. The quantitative estimate of drug-likeness (QED) is 0.649. The normalized spacial score (nSPS) is 12.0. The topological polar surface area (TPSA) is 116 Å². The number of anilines is 1. The average Bonchev–Trinajstić information content (AvgIpc) is 3.11. The summed E-state index contributed by atoms with van der Waals surface area (Å²) in [4.78, 5) is 41.8. The van der Waals surface area contributed by atoms with Crippen LogP contribution in [0.4, 0.5) is 5.69 Å². The van der Waals surface area contributed by atoms with E-state index in [1.807, 2.05) is 19.1 Å². The molecule has 0 fully saturated rings. The molecule has 0 radical (unpaired) electrons. The second-order valence-electron chi connectivity index (χ2n) is 6.17. The molecule has 1 N–H and O–H groups in total. The van der Waals surface area contributed by atoms with Gasteiger partial charge in [0.2, 0.25) is 11.6 Å². The minimum Gasteiger partial charge on any atom is -0.461 e. The van der Waals surface area contributed by atoms with Crippen LogP contribution >= 0.6 is 0 Å². The summed E-state index contributed by atoms with van der Waals surface area (Å²) in [5.74, 6) is -1.15. The number of fused-ring (bicyclic) bond motifs is 1. The van der Waals surface area contributed by atoms with Gasteiger partial charge in [0.1, 0.15) is 17.8 Å². The minimum atomic E-state index is -0.823. The molecule has 1 amide bonds. The minimum absolute atomic E-state index is 0.0851. The Morgan fingerprint density at radius 3 is 2.61 bits per heavy atom. The molecule has 2 aromatic heterocycles. The fourth-order valence-electron chi connectivity index (χ4n) is 2.79. The predicted molar refractivity (Wildman–Crippen MR) is 101 cm³/mol. The van der Waals surface area contributed by atoms with Crippen molar-refractivity contribution in [3.63, 3.8) is 0 Å². The Balaban J connectivity index is 1.98. The number of amides is 1. The molecule has 0 aliphatic heterocycles. The molecular weight excluding hydrogens is 364 g/mol. The van der Waals surface area contributed by atoms with Gasteiger partial charge in [-0.25, -0.2) is 9.78 Å². The van der Waals surface area contributed by atoms with Crippen molar-refractivity contribution in [2.24, 2.45) is 0 Å². The van der Waals surface area contributed by atoms with Crippen LogP contribution in [-0.2, 0) is 9.53 Å².